The fourth-order valence-corrected chi connectivity index (χ4v) is 0.683. The van der Waals surface area contributed by atoms with Crippen molar-refractivity contribution in [2.75, 3.05) is 0 Å². The Hall–Kier alpha value is -1.84. The lowest BCUT2D eigenvalue weighted by Gasteiger charge is -2.16. The third-order valence-electron chi connectivity index (χ3n) is 1.50. The molecule has 0 spiro atoms. The first-order valence-electron chi connectivity index (χ1n) is 3.89. The smallest absolute Gasteiger partial charge is 0.425 e. The van der Waals surface area contributed by atoms with Crippen molar-refractivity contribution >= 4 is 0 Å². The van der Waals surface area contributed by atoms with E-state index in [9.17, 15) is 13.2 Å². The van der Waals surface area contributed by atoms with Crippen molar-refractivity contribution in [3.63, 3.8) is 0 Å². The zero-order valence-corrected chi connectivity index (χ0v) is 7.62. The zero-order chi connectivity index (χ0) is 11.5. The van der Waals surface area contributed by atoms with Crippen molar-refractivity contribution in [1.82, 2.24) is 9.97 Å². The maximum Gasteiger partial charge on any atom is 0.425 e. The summed E-state index contributed by atoms with van der Waals surface area (Å²) in [5, 5.41) is 8.37. The maximum atomic E-state index is 12.1. The molecule has 15 heavy (non-hydrogen) atoms. The summed E-state index contributed by atoms with van der Waals surface area (Å²) < 4.78 is 40.6. The van der Waals surface area contributed by atoms with Gasteiger partial charge in [0.05, 0.1) is 12.4 Å². The average molecular weight is 217 g/mol. The van der Waals surface area contributed by atoms with E-state index in [1.54, 1.807) is 6.07 Å². The summed E-state index contributed by atoms with van der Waals surface area (Å²) in [5.41, 5.74) is 0.0158. The highest BCUT2D eigenvalue weighted by atomic mass is 19.4. The number of rotatable bonds is 2. The van der Waals surface area contributed by atoms with Gasteiger partial charge < -0.3 is 4.74 Å². The summed E-state index contributed by atoms with van der Waals surface area (Å²) >= 11 is 0. The molecule has 80 valence electrons. The van der Waals surface area contributed by atoms with Gasteiger partial charge in [-0.15, -0.1) is 0 Å². The van der Waals surface area contributed by atoms with Gasteiger partial charge in [-0.3, -0.25) is 0 Å². The van der Waals surface area contributed by atoms with Crippen molar-refractivity contribution in [2.45, 2.75) is 19.2 Å². The lowest BCUT2D eigenvalue weighted by Crippen LogP contribution is -2.31. The normalized spacial score (nSPS) is 13.0. The standard InChI is InChI=1S/C8H6F3N3O/c1-5(8(9,10)11)15-7-4-13-6(2-12)3-14-7/h3-5H,1H3. The predicted molar refractivity (Wildman–Crippen MR) is 42.9 cm³/mol. The van der Waals surface area contributed by atoms with Gasteiger partial charge in [-0.05, 0) is 6.92 Å². The first-order valence-corrected chi connectivity index (χ1v) is 3.89. The van der Waals surface area contributed by atoms with E-state index in [2.05, 4.69) is 14.7 Å². The van der Waals surface area contributed by atoms with Crippen LogP contribution < -0.4 is 4.74 Å². The second-order valence-corrected chi connectivity index (χ2v) is 2.65. The zero-order valence-electron chi connectivity index (χ0n) is 7.62. The molecule has 0 amide bonds. The van der Waals surface area contributed by atoms with Gasteiger partial charge in [0.15, 0.2) is 11.8 Å². The summed E-state index contributed by atoms with van der Waals surface area (Å²) in [5.74, 6) is -0.265. The predicted octanol–water partition coefficient (Wildman–Crippen LogP) is 1.68. The summed E-state index contributed by atoms with van der Waals surface area (Å²) in [6, 6.07) is 1.69. The van der Waals surface area contributed by atoms with Crippen molar-refractivity contribution in [1.29, 1.82) is 5.26 Å². The summed E-state index contributed by atoms with van der Waals surface area (Å²) in [6.07, 6.45) is -4.39. The quantitative estimate of drug-likeness (QED) is 0.756. The van der Waals surface area contributed by atoms with Crippen LogP contribution in [0.4, 0.5) is 13.2 Å². The van der Waals surface area contributed by atoms with Crippen LogP contribution in [-0.4, -0.2) is 22.2 Å². The fourth-order valence-electron chi connectivity index (χ4n) is 0.683. The SMILES string of the molecule is CC(Oc1cnc(C#N)cn1)C(F)(F)F. The molecule has 1 rings (SSSR count). The molecular weight excluding hydrogens is 211 g/mol. The van der Waals surface area contributed by atoms with Crippen molar-refractivity contribution in [3.05, 3.63) is 18.1 Å². The van der Waals surface area contributed by atoms with E-state index < -0.39 is 12.3 Å². The van der Waals surface area contributed by atoms with E-state index in [4.69, 9.17) is 5.26 Å². The summed E-state index contributed by atoms with van der Waals surface area (Å²) in [7, 11) is 0. The molecule has 0 aromatic carbocycles. The van der Waals surface area contributed by atoms with Gasteiger partial charge in [-0.1, -0.05) is 0 Å². The van der Waals surface area contributed by atoms with E-state index in [-0.39, 0.29) is 11.6 Å². The van der Waals surface area contributed by atoms with Crippen LogP contribution >= 0.6 is 0 Å². The molecular formula is C8H6F3N3O. The minimum absolute atomic E-state index is 0.0158. The molecule has 0 saturated heterocycles. The van der Waals surface area contributed by atoms with Crippen LogP contribution in [0.3, 0.4) is 0 Å². The molecule has 1 heterocycles. The first-order chi connectivity index (χ1) is 6.93. The van der Waals surface area contributed by atoms with Crippen LogP contribution in [0, 0.1) is 11.3 Å². The number of ether oxygens (including phenoxy) is 1. The van der Waals surface area contributed by atoms with Crippen molar-refractivity contribution in [3.8, 4) is 11.9 Å². The van der Waals surface area contributed by atoms with Gasteiger partial charge in [-0.25, -0.2) is 9.97 Å². The molecule has 0 saturated carbocycles. The van der Waals surface area contributed by atoms with Crippen LogP contribution in [0.1, 0.15) is 12.6 Å². The van der Waals surface area contributed by atoms with Crippen LogP contribution in [0.2, 0.25) is 0 Å². The van der Waals surface area contributed by atoms with E-state index in [0.717, 1.165) is 19.3 Å². The van der Waals surface area contributed by atoms with Crippen LogP contribution in [-0.2, 0) is 0 Å². The topological polar surface area (TPSA) is 58.8 Å². The molecule has 1 atom stereocenters. The number of nitrogens with zero attached hydrogens (tertiary/aromatic N) is 3. The molecule has 0 bridgehead atoms. The Morgan fingerprint density at radius 2 is 2.07 bits per heavy atom. The van der Waals surface area contributed by atoms with E-state index in [1.807, 2.05) is 0 Å². The molecule has 1 aromatic heterocycles. The molecule has 4 nitrogen and oxygen atoms in total. The molecule has 0 radical (unpaired) electrons. The lowest BCUT2D eigenvalue weighted by molar-refractivity contribution is -0.190. The first kappa shape index (κ1) is 11.2. The van der Waals surface area contributed by atoms with E-state index >= 15 is 0 Å². The van der Waals surface area contributed by atoms with Crippen LogP contribution in [0.15, 0.2) is 12.4 Å². The number of hydrogen-bond acceptors (Lipinski definition) is 4. The van der Waals surface area contributed by atoms with E-state index in [0.29, 0.717) is 0 Å². The van der Waals surface area contributed by atoms with Crippen molar-refractivity contribution in [2.24, 2.45) is 0 Å². The molecule has 0 aliphatic carbocycles. The molecule has 0 N–H and O–H groups in total. The highest BCUT2D eigenvalue weighted by Crippen LogP contribution is 2.23. The molecule has 1 aromatic rings. The van der Waals surface area contributed by atoms with Gasteiger partial charge in [0.2, 0.25) is 5.88 Å². The third kappa shape index (κ3) is 3.09. The van der Waals surface area contributed by atoms with Crippen LogP contribution in [0.25, 0.3) is 0 Å². The Morgan fingerprint density at radius 3 is 2.47 bits per heavy atom. The Kier molecular flexibility index (Phi) is 3.09. The minimum Gasteiger partial charge on any atom is -0.464 e. The summed E-state index contributed by atoms with van der Waals surface area (Å²) in [4.78, 5) is 7.01. The summed E-state index contributed by atoms with van der Waals surface area (Å²) in [6.45, 7) is 0.861. The second kappa shape index (κ2) is 4.13. The second-order valence-electron chi connectivity index (χ2n) is 2.65. The monoisotopic (exact) mass is 217 g/mol. The van der Waals surface area contributed by atoms with Crippen molar-refractivity contribution < 1.29 is 17.9 Å². The largest absolute Gasteiger partial charge is 0.464 e. The van der Waals surface area contributed by atoms with Gasteiger partial charge in [0.25, 0.3) is 0 Å². The number of nitriles is 1. The fraction of sp³-hybridized carbons (Fsp3) is 0.375. The Balaban J connectivity index is 2.70. The molecule has 1 unspecified atom stereocenters. The highest BCUT2D eigenvalue weighted by Gasteiger charge is 2.38. The number of aromatic nitrogens is 2. The molecule has 0 aliphatic heterocycles. The Bertz CT molecular complexity index is 368. The number of hydrogen-bond donors (Lipinski definition) is 0. The number of halogens is 3. The van der Waals surface area contributed by atoms with Gasteiger partial charge in [-0.2, -0.15) is 18.4 Å². The van der Waals surface area contributed by atoms with Crippen LogP contribution in [0.5, 0.6) is 5.88 Å². The Labute approximate surface area is 83.3 Å². The Morgan fingerprint density at radius 1 is 1.40 bits per heavy atom. The molecule has 0 fully saturated rings. The number of alkyl halides is 3. The van der Waals surface area contributed by atoms with Gasteiger partial charge in [0.1, 0.15) is 6.07 Å². The molecule has 7 heteroatoms. The van der Waals surface area contributed by atoms with Gasteiger partial charge >= 0.3 is 6.18 Å². The lowest BCUT2D eigenvalue weighted by atomic mass is 10.4. The van der Waals surface area contributed by atoms with E-state index in [1.165, 1.54) is 0 Å². The minimum atomic E-state index is -4.45. The average Bonchev–Trinajstić information content (AvgIpc) is 2.17. The maximum absolute atomic E-state index is 12.1. The highest BCUT2D eigenvalue weighted by molar-refractivity contribution is 5.18. The molecule has 0 aliphatic rings. The van der Waals surface area contributed by atoms with Gasteiger partial charge in [0, 0.05) is 0 Å². The third-order valence-corrected chi connectivity index (χ3v) is 1.50.